The van der Waals surface area contributed by atoms with Crippen LogP contribution in [0, 0.1) is 5.82 Å². The Labute approximate surface area is 102 Å². The van der Waals surface area contributed by atoms with Crippen molar-refractivity contribution in [3.05, 3.63) is 29.6 Å². The molecular formula is C11H14BrFO3. The molecule has 0 amide bonds. The fourth-order valence-electron chi connectivity index (χ4n) is 1.31. The van der Waals surface area contributed by atoms with Crippen molar-refractivity contribution in [2.75, 3.05) is 11.9 Å². The van der Waals surface area contributed by atoms with Gasteiger partial charge in [-0.3, -0.25) is 0 Å². The minimum atomic E-state index is -1.13. The van der Waals surface area contributed by atoms with Crippen LogP contribution in [0.5, 0.6) is 5.75 Å². The highest BCUT2D eigenvalue weighted by atomic mass is 79.9. The number of hydrogen-bond donors (Lipinski definition) is 2. The summed E-state index contributed by atoms with van der Waals surface area (Å²) in [5.74, 6) is -0.153. The fourth-order valence-corrected chi connectivity index (χ4v) is 1.67. The summed E-state index contributed by atoms with van der Waals surface area (Å²) in [7, 11) is 0. The number of ether oxygens (including phenoxy) is 1. The topological polar surface area (TPSA) is 49.7 Å². The predicted molar refractivity (Wildman–Crippen MR) is 62.3 cm³/mol. The number of rotatable bonds is 5. The van der Waals surface area contributed by atoms with E-state index < -0.39 is 18.0 Å². The van der Waals surface area contributed by atoms with Crippen LogP contribution in [-0.4, -0.2) is 28.3 Å². The molecule has 0 saturated heterocycles. The van der Waals surface area contributed by atoms with Gasteiger partial charge in [0.2, 0.25) is 0 Å². The summed E-state index contributed by atoms with van der Waals surface area (Å²) >= 11 is 3.05. The Morgan fingerprint density at radius 3 is 2.62 bits per heavy atom. The van der Waals surface area contributed by atoms with Crippen molar-refractivity contribution in [1.82, 2.24) is 0 Å². The minimum absolute atomic E-state index is 0.217. The zero-order chi connectivity index (χ0) is 12.1. The summed E-state index contributed by atoms with van der Waals surface area (Å²) in [4.78, 5) is 0. The molecule has 0 spiro atoms. The van der Waals surface area contributed by atoms with Gasteiger partial charge in [-0.25, -0.2) is 4.39 Å². The van der Waals surface area contributed by atoms with Crippen LogP contribution in [0.1, 0.15) is 18.6 Å². The van der Waals surface area contributed by atoms with Crippen LogP contribution in [0.15, 0.2) is 18.2 Å². The second kappa shape index (κ2) is 6.18. The summed E-state index contributed by atoms with van der Waals surface area (Å²) in [6.45, 7) is 2.20. The van der Waals surface area contributed by atoms with Crippen molar-refractivity contribution in [3.63, 3.8) is 0 Å². The van der Waals surface area contributed by atoms with Gasteiger partial charge in [0, 0.05) is 11.4 Å². The molecule has 2 N–H and O–H groups in total. The molecule has 0 heterocycles. The lowest BCUT2D eigenvalue weighted by atomic mass is 10.1. The lowest BCUT2D eigenvalue weighted by Gasteiger charge is -2.16. The number of benzene rings is 1. The molecule has 1 aromatic carbocycles. The Morgan fingerprint density at radius 1 is 1.38 bits per heavy atom. The number of aliphatic hydroxyl groups excluding tert-OH is 2. The number of aliphatic hydroxyl groups is 2. The summed E-state index contributed by atoms with van der Waals surface area (Å²) in [5, 5.41) is 19.4. The van der Waals surface area contributed by atoms with E-state index in [0.29, 0.717) is 17.9 Å². The van der Waals surface area contributed by atoms with Gasteiger partial charge in [0.05, 0.1) is 12.7 Å². The van der Waals surface area contributed by atoms with Crippen molar-refractivity contribution < 1.29 is 19.3 Å². The SMILES string of the molecule is CCOc1cc(F)cc(C(O)C(O)CBr)c1. The molecule has 2 atom stereocenters. The fraction of sp³-hybridized carbons (Fsp3) is 0.455. The van der Waals surface area contributed by atoms with Gasteiger partial charge >= 0.3 is 0 Å². The molecule has 3 nitrogen and oxygen atoms in total. The smallest absolute Gasteiger partial charge is 0.127 e. The zero-order valence-electron chi connectivity index (χ0n) is 8.86. The maximum absolute atomic E-state index is 13.2. The minimum Gasteiger partial charge on any atom is -0.494 e. The van der Waals surface area contributed by atoms with Gasteiger partial charge in [0.25, 0.3) is 0 Å². The first-order valence-corrected chi connectivity index (χ1v) is 6.06. The van der Waals surface area contributed by atoms with Crippen molar-refractivity contribution >= 4 is 15.9 Å². The van der Waals surface area contributed by atoms with Crippen molar-refractivity contribution in [2.24, 2.45) is 0 Å². The summed E-state index contributed by atoms with van der Waals surface area (Å²) in [6, 6.07) is 3.93. The first-order valence-electron chi connectivity index (χ1n) is 4.93. The molecule has 0 bridgehead atoms. The molecule has 0 aliphatic carbocycles. The van der Waals surface area contributed by atoms with Gasteiger partial charge in [-0.15, -0.1) is 0 Å². The van der Waals surface area contributed by atoms with E-state index in [-0.39, 0.29) is 5.33 Å². The molecule has 0 saturated carbocycles. The Balaban J connectivity index is 2.94. The highest BCUT2D eigenvalue weighted by molar-refractivity contribution is 9.09. The number of alkyl halides is 1. The molecule has 90 valence electrons. The Hall–Kier alpha value is -0.650. The molecule has 0 fully saturated rings. The lowest BCUT2D eigenvalue weighted by Crippen LogP contribution is -2.19. The van der Waals surface area contributed by atoms with E-state index in [9.17, 15) is 14.6 Å². The third-order valence-electron chi connectivity index (χ3n) is 2.07. The standard InChI is InChI=1S/C11H14BrFO3/c1-2-16-9-4-7(3-8(13)5-9)11(15)10(14)6-12/h3-5,10-11,14-15H,2,6H2,1H3. The molecule has 5 heteroatoms. The first-order chi connectivity index (χ1) is 7.58. The largest absolute Gasteiger partial charge is 0.494 e. The van der Waals surface area contributed by atoms with Gasteiger partial charge in [-0.1, -0.05) is 15.9 Å². The molecular weight excluding hydrogens is 279 g/mol. The van der Waals surface area contributed by atoms with E-state index >= 15 is 0 Å². The monoisotopic (exact) mass is 292 g/mol. The number of hydrogen-bond acceptors (Lipinski definition) is 3. The van der Waals surface area contributed by atoms with E-state index in [1.54, 1.807) is 6.92 Å². The normalized spacial score (nSPS) is 14.6. The molecule has 1 rings (SSSR count). The van der Waals surface area contributed by atoms with E-state index in [0.717, 1.165) is 0 Å². The van der Waals surface area contributed by atoms with E-state index in [1.807, 2.05) is 0 Å². The first kappa shape index (κ1) is 13.4. The van der Waals surface area contributed by atoms with Crippen molar-refractivity contribution in [3.8, 4) is 5.75 Å². The molecule has 2 unspecified atom stereocenters. The molecule has 16 heavy (non-hydrogen) atoms. The second-order valence-electron chi connectivity index (χ2n) is 3.32. The predicted octanol–water partition coefficient (Wildman–Crippen LogP) is 2.01. The highest BCUT2D eigenvalue weighted by Gasteiger charge is 2.18. The summed E-state index contributed by atoms with van der Waals surface area (Å²) in [5.41, 5.74) is 0.301. The Kier molecular flexibility index (Phi) is 5.18. The maximum Gasteiger partial charge on any atom is 0.127 e. The summed E-state index contributed by atoms with van der Waals surface area (Å²) < 4.78 is 18.3. The average molecular weight is 293 g/mol. The zero-order valence-corrected chi connectivity index (χ0v) is 10.4. The third-order valence-corrected chi connectivity index (χ3v) is 2.73. The third kappa shape index (κ3) is 3.43. The van der Waals surface area contributed by atoms with Crippen molar-refractivity contribution in [2.45, 2.75) is 19.1 Å². The molecule has 0 radical (unpaired) electrons. The maximum atomic E-state index is 13.2. The van der Waals surface area contributed by atoms with E-state index in [4.69, 9.17) is 4.74 Å². The highest BCUT2D eigenvalue weighted by Crippen LogP contribution is 2.24. The molecule has 0 aliphatic rings. The summed E-state index contributed by atoms with van der Waals surface area (Å²) in [6.07, 6.45) is -2.11. The molecule has 0 aliphatic heterocycles. The second-order valence-corrected chi connectivity index (χ2v) is 3.97. The van der Waals surface area contributed by atoms with E-state index in [1.165, 1.54) is 18.2 Å². The quantitative estimate of drug-likeness (QED) is 0.817. The molecule has 1 aromatic rings. The van der Waals surface area contributed by atoms with Crippen LogP contribution >= 0.6 is 15.9 Å². The van der Waals surface area contributed by atoms with Gasteiger partial charge < -0.3 is 14.9 Å². The van der Waals surface area contributed by atoms with Gasteiger partial charge in [0.15, 0.2) is 0 Å². The van der Waals surface area contributed by atoms with Gasteiger partial charge in [-0.2, -0.15) is 0 Å². The molecule has 0 aromatic heterocycles. The lowest BCUT2D eigenvalue weighted by molar-refractivity contribution is 0.0339. The van der Waals surface area contributed by atoms with Crippen LogP contribution in [0.2, 0.25) is 0 Å². The Morgan fingerprint density at radius 2 is 2.06 bits per heavy atom. The average Bonchev–Trinajstić information content (AvgIpc) is 2.26. The number of halogens is 2. The van der Waals surface area contributed by atoms with Crippen LogP contribution in [0.3, 0.4) is 0 Å². The van der Waals surface area contributed by atoms with Crippen LogP contribution in [-0.2, 0) is 0 Å². The van der Waals surface area contributed by atoms with Gasteiger partial charge in [-0.05, 0) is 24.6 Å². The van der Waals surface area contributed by atoms with Crippen LogP contribution in [0.4, 0.5) is 4.39 Å². The van der Waals surface area contributed by atoms with Crippen molar-refractivity contribution in [1.29, 1.82) is 0 Å². The van der Waals surface area contributed by atoms with E-state index in [2.05, 4.69) is 15.9 Å². The van der Waals surface area contributed by atoms with Crippen LogP contribution in [0.25, 0.3) is 0 Å². The van der Waals surface area contributed by atoms with Crippen LogP contribution < -0.4 is 4.74 Å². The van der Waals surface area contributed by atoms with Gasteiger partial charge in [0.1, 0.15) is 17.7 Å². The Bertz CT molecular complexity index is 346.